The first-order valence-electron chi connectivity index (χ1n) is 10.9. The molecule has 4 aromatic rings. The number of para-hydroxylation sites is 4. The Hall–Kier alpha value is -2.82. The van der Waals surface area contributed by atoms with Gasteiger partial charge in [0.05, 0.1) is 21.8 Å². The molecule has 2 aliphatic heterocycles. The van der Waals surface area contributed by atoms with Crippen molar-refractivity contribution in [3.05, 3.63) is 97.1 Å². The Morgan fingerprint density at radius 1 is 0.438 bits per heavy atom. The van der Waals surface area contributed by atoms with Crippen molar-refractivity contribution >= 4 is 21.8 Å². The van der Waals surface area contributed by atoms with E-state index in [0.29, 0.717) is 10.5 Å². The summed E-state index contributed by atoms with van der Waals surface area (Å²) < 4.78 is 12.6. The van der Waals surface area contributed by atoms with Gasteiger partial charge in [0.15, 0.2) is 33.5 Å². The van der Waals surface area contributed by atoms with E-state index >= 15 is 0 Å². The molecular formula is C28H24O2S2+2. The molecule has 0 spiro atoms. The Kier molecular flexibility index (Phi) is 4.93. The van der Waals surface area contributed by atoms with Gasteiger partial charge in [0.1, 0.15) is 0 Å². The van der Waals surface area contributed by atoms with Crippen LogP contribution in [0.5, 0.6) is 23.0 Å². The van der Waals surface area contributed by atoms with Gasteiger partial charge in [0.2, 0.25) is 19.6 Å². The molecule has 2 heterocycles. The second kappa shape index (κ2) is 7.95. The van der Waals surface area contributed by atoms with Crippen LogP contribution in [0, 0.1) is 0 Å². The highest BCUT2D eigenvalue weighted by atomic mass is 32.2. The number of hydrogen-bond donors (Lipinski definition) is 0. The van der Waals surface area contributed by atoms with Crippen LogP contribution < -0.4 is 9.47 Å². The zero-order valence-corrected chi connectivity index (χ0v) is 19.7. The van der Waals surface area contributed by atoms with E-state index in [1.165, 1.54) is 19.6 Å². The van der Waals surface area contributed by atoms with Gasteiger partial charge in [0.25, 0.3) is 0 Å². The maximum absolute atomic E-state index is 6.28. The fourth-order valence-electron chi connectivity index (χ4n) is 4.52. The molecule has 0 aromatic heterocycles. The van der Waals surface area contributed by atoms with Crippen molar-refractivity contribution in [2.45, 2.75) is 43.9 Å². The summed E-state index contributed by atoms with van der Waals surface area (Å²) in [4.78, 5) is 5.24. The molecule has 32 heavy (non-hydrogen) atoms. The number of ether oxygens (including phenoxy) is 2. The second-order valence-corrected chi connectivity index (χ2v) is 12.7. The van der Waals surface area contributed by atoms with E-state index in [9.17, 15) is 0 Å². The molecular weight excluding hydrogens is 432 g/mol. The zero-order valence-electron chi connectivity index (χ0n) is 18.0. The molecule has 0 aliphatic carbocycles. The van der Waals surface area contributed by atoms with E-state index in [4.69, 9.17) is 9.47 Å². The van der Waals surface area contributed by atoms with Crippen LogP contribution in [0.2, 0.25) is 0 Å². The first kappa shape index (κ1) is 19.8. The minimum atomic E-state index is -0.0835. The monoisotopic (exact) mass is 456 g/mol. The third-order valence-electron chi connectivity index (χ3n) is 6.19. The van der Waals surface area contributed by atoms with Crippen LogP contribution in [0.15, 0.2) is 117 Å². The zero-order chi connectivity index (χ0) is 21.7. The average Bonchev–Trinajstić information content (AvgIpc) is 2.85. The van der Waals surface area contributed by atoms with Crippen molar-refractivity contribution in [3.8, 4) is 23.0 Å². The minimum absolute atomic E-state index is 0.0835. The van der Waals surface area contributed by atoms with Gasteiger partial charge in [-0.25, -0.2) is 0 Å². The largest absolute Gasteiger partial charge is 0.447 e. The summed E-state index contributed by atoms with van der Waals surface area (Å²) in [6.45, 7) is 4.83. The molecule has 4 heteroatoms. The van der Waals surface area contributed by atoms with Crippen LogP contribution >= 0.6 is 0 Å². The topological polar surface area (TPSA) is 18.5 Å². The van der Waals surface area contributed by atoms with Crippen LogP contribution in [0.3, 0.4) is 0 Å². The maximum atomic E-state index is 6.28. The predicted molar refractivity (Wildman–Crippen MR) is 133 cm³/mol. The number of fused-ring (bicyclic) bond motifs is 4. The van der Waals surface area contributed by atoms with Crippen molar-refractivity contribution in [1.29, 1.82) is 0 Å². The number of benzene rings is 4. The Morgan fingerprint density at radius 3 is 0.969 bits per heavy atom. The average molecular weight is 457 g/mol. The molecule has 0 radical (unpaired) electrons. The molecule has 0 bridgehead atoms. The highest BCUT2D eigenvalue weighted by Gasteiger charge is 2.52. The molecule has 0 unspecified atom stereocenters. The molecule has 0 fully saturated rings. The first-order valence-corrected chi connectivity index (χ1v) is 13.5. The van der Waals surface area contributed by atoms with Gasteiger partial charge in [-0.05, 0) is 62.4 Å². The number of rotatable bonds is 3. The highest BCUT2D eigenvalue weighted by molar-refractivity contribution is 8.01. The van der Waals surface area contributed by atoms with Gasteiger partial charge in [-0.2, -0.15) is 0 Å². The molecule has 2 nitrogen and oxygen atoms in total. The molecule has 0 saturated carbocycles. The SMILES string of the molecule is C[C@H]([C@H](C)[S+]1c2ccccc2Oc2ccccc21)[S+]1c2ccccc2Oc2ccccc21. The Labute approximate surface area is 194 Å². The molecule has 4 aromatic carbocycles. The number of hydrogen-bond acceptors (Lipinski definition) is 2. The van der Waals surface area contributed by atoms with E-state index in [1.807, 2.05) is 0 Å². The molecule has 158 valence electrons. The minimum Gasteiger partial charge on any atom is -0.447 e. The lowest BCUT2D eigenvalue weighted by molar-refractivity contribution is 0.451. The smallest absolute Gasteiger partial charge is 0.203 e. The fourth-order valence-corrected chi connectivity index (χ4v) is 10.2. The Morgan fingerprint density at radius 2 is 0.688 bits per heavy atom. The molecule has 0 amide bonds. The van der Waals surface area contributed by atoms with Crippen molar-refractivity contribution < 1.29 is 9.47 Å². The molecule has 0 N–H and O–H groups in total. The van der Waals surface area contributed by atoms with Gasteiger partial charge in [0, 0.05) is 0 Å². The fraction of sp³-hybridized carbons (Fsp3) is 0.143. The molecule has 2 aliphatic rings. The Bertz CT molecular complexity index is 1110. The van der Waals surface area contributed by atoms with Gasteiger partial charge in [-0.3, -0.25) is 0 Å². The van der Waals surface area contributed by atoms with Crippen molar-refractivity contribution in [3.63, 3.8) is 0 Å². The van der Waals surface area contributed by atoms with Gasteiger partial charge in [-0.1, -0.05) is 48.5 Å². The van der Waals surface area contributed by atoms with Crippen molar-refractivity contribution in [2.75, 3.05) is 0 Å². The van der Waals surface area contributed by atoms with Gasteiger partial charge >= 0.3 is 0 Å². The van der Waals surface area contributed by atoms with Crippen molar-refractivity contribution in [2.24, 2.45) is 0 Å². The van der Waals surface area contributed by atoms with Crippen LogP contribution in [0.25, 0.3) is 0 Å². The summed E-state index contributed by atoms with van der Waals surface area (Å²) in [5, 5.41) is 0.840. The summed E-state index contributed by atoms with van der Waals surface area (Å²) in [6, 6.07) is 34.2. The summed E-state index contributed by atoms with van der Waals surface area (Å²) in [5.74, 6) is 3.96. The molecule has 2 atom stereocenters. The van der Waals surface area contributed by atoms with Crippen LogP contribution in [-0.4, -0.2) is 10.5 Å². The lowest BCUT2D eigenvalue weighted by Gasteiger charge is -2.28. The normalized spacial score (nSPS) is 16.4. The standard InChI is InChI=1S/C28H24O2S2/c1-19(31-25-15-7-3-11-21(25)29-22-12-4-8-16-26(22)31)20(2)32-27-17-9-5-13-23(27)30-24-14-6-10-18-28(24)32/h3-20H,1-2H3/q+2/t19-,20+. The first-order chi connectivity index (χ1) is 15.7. The van der Waals surface area contributed by atoms with Crippen LogP contribution in [0.1, 0.15) is 13.8 Å². The maximum Gasteiger partial charge on any atom is 0.203 e. The lowest BCUT2D eigenvalue weighted by Crippen LogP contribution is -2.38. The summed E-state index contributed by atoms with van der Waals surface area (Å²) in [5.41, 5.74) is 0. The summed E-state index contributed by atoms with van der Waals surface area (Å²) in [6.07, 6.45) is 0. The van der Waals surface area contributed by atoms with Crippen LogP contribution in [0.4, 0.5) is 0 Å². The molecule has 0 saturated heterocycles. The summed E-state index contributed by atoms with van der Waals surface area (Å²) in [7, 11) is -0.167. The third-order valence-corrected chi connectivity index (χ3v) is 11.9. The molecule has 6 rings (SSSR count). The predicted octanol–water partition coefficient (Wildman–Crippen LogP) is 7.45. The third kappa shape index (κ3) is 3.13. The van der Waals surface area contributed by atoms with Crippen molar-refractivity contribution in [1.82, 2.24) is 0 Å². The van der Waals surface area contributed by atoms with E-state index in [0.717, 1.165) is 23.0 Å². The van der Waals surface area contributed by atoms with E-state index in [1.54, 1.807) is 0 Å². The van der Waals surface area contributed by atoms with E-state index in [-0.39, 0.29) is 21.8 Å². The van der Waals surface area contributed by atoms with Gasteiger partial charge < -0.3 is 9.47 Å². The quantitative estimate of drug-likeness (QED) is 0.298. The summed E-state index contributed by atoms with van der Waals surface area (Å²) >= 11 is 0. The van der Waals surface area contributed by atoms with E-state index in [2.05, 4.69) is 111 Å². The van der Waals surface area contributed by atoms with Gasteiger partial charge in [-0.15, -0.1) is 0 Å². The van der Waals surface area contributed by atoms with Crippen LogP contribution in [-0.2, 0) is 21.8 Å². The van der Waals surface area contributed by atoms with E-state index < -0.39 is 0 Å². The Balaban J connectivity index is 1.47. The second-order valence-electron chi connectivity index (χ2n) is 8.08. The highest BCUT2D eigenvalue weighted by Crippen LogP contribution is 2.50. The lowest BCUT2D eigenvalue weighted by atomic mass is 10.3.